The van der Waals surface area contributed by atoms with Crippen molar-refractivity contribution in [1.82, 2.24) is 0 Å². The van der Waals surface area contributed by atoms with Crippen molar-refractivity contribution in [1.29, 1.82) is 0 Å². The van der Waals surface area contributed by atoms with E-state index < -0.39 is 0 Å². The van der Waals surface area contributed by atoms with Gasteiger partial charge in [-0.3, -0.25) is 4.79 Å². The normalized spacial score (nSPS) is 10.4. The minimum Gasteiger partial charge on any atom is -0.342 e. The molecule has 2 rings (SSSR count). The van der Waals surface area contributed by atoms with Gasteiger partial charge in [-0.1, -0.05) is 17.7 Å². The molecule has 0 fully saturated rings. The summed E-state index contributed by atoms with van der Waals surface area (Å²) in [4.78, 5) is 13.3. The topological polar surface area (TPSA) is 20.3 Å². The number of benzene rings is 2. The van der Waals surface area contributed by atoms with Crippen LogP contribution in [0.4, 0.5) is 15.8 Å². The lowest BCUT2D eigenvalue weighted by molar-refractivity contribution is 0.101. The van der Waals surface area contributed by atoms with Crippen LogP contribution in [-0.2, 0) is 0 Å². The van der Waals surface area contributed by atoms with Gasteiger partial charge in [0.2, 0.25) is 0 Å². The molecule has 2 aromatic rings. The maximum absolute atomic E-state index is 13.3. The fraction of sp³-hybridized carbons (Fsp3) is 0.188. The van der Waals surface area contributed by atoms with Crippen LogP contribution in [0.25, 0.3) is 0 Å². The van der Waals surface area contributed by atoms with Gasteiger partial charge in [0, 0.05) is 23.5 Å². The molecule has 0 saturated carbocycles. The molecule has 0 bridgehead atoms. The van der Waals surface area contributed by atoms with Crippen LogP contribution in [-0.4, -0.2) is 12.3 Å². The first kappa shape index (κ1) is 14.5. The minimum atomic E-state index is -0.285. The second-order valence-electron chi connectivity index (χ2n) is 4.44. The van der Waals surface area contributed by atoms with Crippen LogP contribution in [0, 0.1) is 5.82 Å². The highest BCUT2D eigenvalue weighted by Gasteiger charge is 2.12. The fourth-order valence-corrected chi connectivity index (χ4v) is 2.42. The summed E-state index contributed by atoms with van der Waals surface area (Å²) in [6.07, 6.45) is 0. The van der Waals surface area contributed by atoms with E-state index in [0.29, 0.717) is 17.1 Å². The van der Waals surface area contributed by atoms with Crippen molar-refractivity contribution in [2.75, 3.05) is 11.4 Å². The Kier molecular flexibility index (Phi) is 4.40. The molecule has 0 spiro atoms. The Hall–Kier alpha value is -1.87. The minimum absolute atomic E-state index is 0.0737. The lowest BCUT2D eigenvalue weighted by Crippen LogP contribution is -2.16. The maximum Gasteiger partial charge on any atom is 0.161 e. The second kappa shape index (κ2) is 6.06. The van der Waals surface area contributed by atoms with Gasteiger partial charge in [-0.25, -0.2) is 4.39 Å². The molecule has 0 aliphatic heterocycles. The van der Waals surface area contributed by atoms with E-state index in [4.69, 9.17) is 11.6 Å². The van der Waals surface area contributed by atoms with Gasteiger partial charge in [0.05, 0.1) is 5.02 Å². The van der Waals surface area contributed by atoms with Crippen molar-refractivity contribution in [3.8, 4) is 0 Å². The Morgan fingerprint density at radius 3 is 2.45 bits per heavy atom. The van der Waals surface area contributed by atoms with E-state index in [1.165, 1.54) is 19.1 Å². The van der Waals surface area contributed by atoms with Gasteiger partial charge in [0.25, 0.3) is 0 Å². The van der Waals surface area contributed by atoms with E-state index in [1.54, 1.807) is 18.2 Å². The van der Waals surface area contributed by atoms with Crippen LogP contribution in [0.5, 0.6) is 0 Å². The highest BCUT2D eigenvalue weighted by atomic mass is 35.5. The van der Waals surface area contributed by atoms with Crippen LogP contribution >= 0.6 is 11.6 Å². The van der Waals surface area contributed by atoms with Gasteiger partial charge in [-0.2, -0.15) is 0 Å². The van der Waals surface area contributed by atoms with Gasteiger partial charge >= 0.3 is 0 Å². The molecule has 20 heavy (non-hydrogen) atoms. The van der Waals surface area contributed by atoms with Crippen molar-refractivity contribution in [2.24, 2.45) is 0 Å². The molecule has 0 aliphatic rings. The van der Waals surface area contributed by atoms with Gasteiger partial charge in [0.15, 0.2) is 5.78 Å². The molecule has 0 heterocycles. The van der Waals surface area contributed by atoms with E-state index >= 15 is 0 Å². The summed E-state index contributed by atoms with van der Waals surface area (Å²) < 4.78 is 13.3. The highest BCUT2D eigenvalue weighted by Crippen LogP contribution is 2.29. The van der Waals surface area contributed by atoms with Gasteiger partial charge in [-0.15, -0.1) is 0 Å². The van der Waals surface area contributed by atoms with Crippen molar-refractivity contribution in [3.05, 3.63) is 58.9 Å². The van der Waals surface area contributed by atoms with Crippen LogP contribution in [0.2, 0.25) is 5.02 Å². The van der Waals surface area contributed by atoms with E-state index in [1.807, 2.05) is 24.0 Å². The van der Waals surface area contributed by atoms with Gasteiger partial charge < -0.3 is 4.90 Å². The fourth-order valence-electron chi connectivity index (χ4n) is 2.12. The van der Waals surface area contributed by atoms with Crippen LogP contribution < -0.4 is 4.90 Å². The van der Waals surface area contributed by atoms with Crippen molar-refractivity contribution in [2.45, 2.75) is 13.8 Å². The SMILES string of the molecule is CCN(c1cccc(F)c1)c1ccc(C(C)=O)c(Cl)c1. The summed E-state index contributed by atoms with van der Waals surface area (Å²) in [5, 5.41) is 0.407. The first-order valence-corrected chi connectivity index (χ1v) is 6.74. The summed E-state index contributed by atoms with van der Waals surface area (Å²) in [5.41, 5.74) is 2.07. The summed E-state index contributed by atoms with van der Waals surface area (Å²) >= 11 is 6.12. The van der Waals surface area contributed by atoms with E-state index in [2.05, 4.69) is 0 Å². The van der Waals surface area contributed by atoms with Crippen molar-refractivity contribution >= 4 is 28.8 Å². The Morgan fingerprint density at radius 2 is 1.90 bits per heavy atom. The first-order chi connectivity index (χ1) is 9.52. The molecule has 0 unspecified atom stereocenters. The standard InChI is InChI=1S/C16H15ClFNO/c1-3-19(13-6-4-5-12(18)9-13)14-7-8-15(11(2)20)16(17)10-14/h4-10H,3H2,1-2H3. The predicted octanol–water partition coefficient (Wildman–Crippen LogP) is 4.84. The smallest absolute Gasteiger partial charge is 0.161 e. The summed E-state index contributed by atoms with van der Waals surface area (Å²) in [6.45, 7) is 4.11. The van der Waals surface area contributed by atoms with Crippen LogP contribution in [0.3, 0.4) is 0 Å². The van der Waals surface area contributed by atoms with Crippen LogP contribution in [0.1, 0.15) is 24.2 Å². The molecule has 0 amide bonds. The third-order valence-corrected chi connectivity index (χ3v) is 3.39. The zero-order valence-corrected chi connectivity index (χ0v) is 12.1. The average Bonchev–Trinajstić information content (AvgIpc) is 2.39. The van der Waals surface area contributed by atoms with Gasteiger partial charge in [-0.05, 0) is 50.2 Å². The largest absolute Gasteiger partial charge is 0.342 e. The molecule has 0 N–H and O–H groups in total. The molecule has 104 valence electrons. The van der Waals surface area contributed by atoms with E-state index in [0.717, 1.165) is 11.4 Å². The molecule has 0 aromatic heterocycles. The highest BCUT2D eigenvalue weighted by molar-refractivity contribution is 6.34. The Balaban J connectivity index is 2.42. The quantitative estimate of drug-likeness (QED) is 0.751. The second-order valence-corrected chi connectivity index (χ2v) is 4.85. The van der Waals surface area contributed by atoms with Crippen molar-refractivity contribution in [3.63, 3.8) is 0 Å². The first-order valence-electron chi connectivity index (χ1n) is 6.36. The molecule has 0 atom stereocenters. The number of anilines is 2. The Morgan fingerprint density at radius 1 is 1.20 bits per heavy atom. The number of nitrogens with zero attached hydrogens (tertiary/aromatic N) is 1. The Labute approximate surface area is 122 Å². The third kappa shape index (κ3) is 2.99. The molecular weight excluding hydrogens is 277 g/mol. The van der Waals surface area contributed by atoms with Crippen LogP contribution in [0.15, 0.2) is 42.5 Å². The molecule has 2 nitrogen and oxygen atoms in total. The molecule has 2 aromatic carbocycles. The number of halogens is 2. The monoisotopic (exact) mass is 291 g/mol. The molecule has 0 radical (unpaired) electrons. The average molecular weight is 292 g/mol. The van der Waals surface area contributed by atoms with Crippen molar-refractivity contribution < 1.29 is 9.18 Å². The lowest BCUT2D eigenvalue weighted by Gasteiger charge is -2.24. The number of hydrogen-bond donors (Lipinski definition) is 0. The predicted molar refractivity (Wildman–Crippen MR) is 80.5 cm³/mol. The maximum atomic E-state index is 13.3. The zero-order chi connectivity index (χ0) is 14.7. The number of carbonyl (C=O) groups is 1. The third-order valence-electron chi connectivity index (χ3n) is 3.08. The number of carbonyl (C=O) groups excluding carboxylic acids is 1. The zero-order valence-electron chi connectivity index (χ0n) is 11.4. The summed E-state index contributed by atoms with van der Waals surface area (Å²) in [5.74, 6) is -0.359. The number of ketones is 1. The Bertz CT molecular complexity index is 642. The summed E-state index contributed by atoms with van der Waals surface area (Å²) in [7, 11) is 0. The summed E-state index contributed by atoms with van der Waals surface area (Å²) in [6, 6.07) is 11.6. The number of hydrogen-bond acceptors (Lipinski definition) is 2. The van der Waals surface area contributed by atoms with E-state index in [9.17, 15) is 9.18 Å². The van der Waals surface area contributed by atoms with E-state index in [-0.39, 0.29) is 11.6 Å². The molecular formula is C16H15ClFNO. The lowest BCUT2D eigenvalue weighted by atomic mass is 10.1. The molecule has 4 heteroatoms. The number of rotatable bonds is 4. The molecule has 0 saturated heterocycles. The van der Waals surface area contributed by atoms with Gasteiger partial charge in [0.1, 0.15) is 5.82 Å². The number of Topliss-reactive ketones (excluding diaryl/α,β-unsaturated/α-hetero) is 1. The molecule has 0 aliphatic carbocycles.